The SMILES string of the molecule is Cc1c(-c2ccc3ccccc3c2)c(-c2c(-c3ccc4ccccc4c3)c(C)c3ccccn23)n2ccccc12. The lowest BCUT2D eigenvalue weighted by Crippen LogP contribution is -1.96. The van der Waals surface area contributed by atoms with Gasteiger partial charge in [-0.1, -0.05) is 84.9 Å². The molecule has 4 heterocycles. The molecule has 0 radical (unpaired) electrons. The molecule has 0 saturated carbocycles. The van der Waals surface area contributed by atoms with Crippen LogP contribution in [0, 0.1) is 13.8 Å². The van der Waals surface area contributed by atoms with Crippen molar-refractivity contribution < 1.29 is 0 Å². The number of fused-ring (bicyclic) bond motifs is 4. The summed E-state index contributed by atoms with van der Waals surface area (Å²) in [5, 5.41) is 5.03. The predicted molar refractivity (Wildman–Crippen MR) is 169 cm³/mol. The highest BCUT2D eigenvalue weighted by Gasteiger charge is 2.26. The van der Waals surface area contributed by atoms with Crippen molar-refractivity contribution in [1.82, 2.24) is 8.80 Å². The lowest BCUT2D eigenvalue weighted by Gasteiger charge is -2.13. The van der Waals surface area contributed by atoms with E-state index in [1.807, 2.05) is 0 Å². The number of aromatic nitrogens is 2. The number of aryl methyl sites for hydroxylation is 2. The minimum atomic E-state index is 1.22. The van der Waals surface area contributed by atoms with Crippen molar-refractivity contribution in [1.29, 1.82) is 0 Å². The molecule has 4 aromatic heterocycles. The zero-order valence-electron chi connectivity index (χ0n) is 22.6. The van der Waals surface area contributed by atoms with Gasteiger partial charge in [0, 0.05) is 34.6 Å². The Bertz CT molecular complexity index is 2080. The highest BCUT2D eigenvalue weighted by Crippen LogP contribution is 2.46. The summed E-state index contributed by atoms with van der Waals surface area (Å²) in [6.07, 6.45) is 4.42. The Morgan fingerprint density at radius 2 is 0.800 bits per heavy atom. The molecule has 4 aromatic carbocycles. The Labute approximate surface area is 233 Å². The Balaban J connectivity index is 1.52. The van der Waals surface area contributed by atoms with E-state index in [4.69, 9.17) is 0 Å². The normalized spacial score (nSPS) is 11.8. The largest absolute Gasteiger partial charge is 0.314 e. The van der Waals surface area contributed by atoms with Crippen molar-refractivity contribution in [3.63, 3.8) is 0 Å². The number of rotatable bonds is 3. The van der Waals surface area contributed by atoms with Crippen LogP contribution in [-0.2, 0) is 0 Å². The summed E-state index contributed by atoms with van der Waals surface area (Å²) in [5.74, 6) is 0. The molecule has 2 nitrogen and oxygen atoms in total. The Hall–Kier alpha value is -5.08. The summed E-state index contributed by atoms with van der Waals surface area (Å²) in [6, 6.07) is 44.0. The number of hydrogen-bond acceptors (Lipinski definition) is 0. The molecule has 0 bridgehead atoms. The summed E-state index contributed by atoms with van der Waals surface area (Å²) in [6.45, 7) is 4.53. The molecule has 0 aliphatic rings. The maximum Gasteiger partial charge on any atom is 0.0786 e. The zero-order chi connectivity index (χ0) is 26.8. The van der Waals surface area contributed by atoms with Crippen LogP contribution in [0.1, 0.15) is 11.1 Å². The van der Waals surface area contributed by atoms with Crippen molar-refractivity contribution in [3.05, 3.63) is 145 Å². The maximum atomic E-state index is 2.39. The van der Waals surface area contributed by atoms with Crippen LogP contribution in [0.25, 0.3) is 66.2 Å². The van der Waals surface area contributed by atoms with Crippen LogP contribution in [0.5, 0.6) is 0 Å². The van der Waals surface area contributed by atoms with E-state index in [1.165, 1.54) is 77.3 Å². The van der Waals surface area contributed by atoms with E-state index < -0.39 is 0 Å². The van der Waals surface area contributed by atoms with Crippen LogP contribution in [-0.4, -0.2) is 8.80 Å². The number of pyridine rings is 2. The van der Waals surface area contributed by atoms with E-state index in [0.717, 1.165) is 0 Å². The van der Waals surface area contributed by atoms with E-state index in [0.29, 0.717) is 0 Å². The summed E-state index contributed by atoms with van der Waals surface area (Å²) in [5.41, 5.74) is 12.5. The van der Waals surface area contributed by atoms with E-state index in [9.17, 15) is 0 Å². The molecule has 0 amide bonds. The van der Waals surface area contributed by atoms with Crippen LogP contribution in [0.3, 0.4) is 0 Å². The maximum absolute atomic E-state index is 2.39. The average molecular weight is 513 g/mol. The molecular formula is C38H28N2. The Morgan fingerprint density at radius 3 is 1.25 bits per heavy atom. The monoisotopic (exact) mass is 512 g/mol. The molecule has 2 heteroatoms. The fraction of sp³-hybridized carbons (Fsp3) is 0.0526. The van der Waals surface area contributed by atoms with Crippen LogP contribution in [0.4, 0.5) is 0 Å². The standard InChI is InChI=1S/C38H28N2/c1-25-33-15-7-9-21-39(33)37(35(25)31-19-17-27-11-3-5-13-29(27)23-31)38-36(26(2)34-16-8-10-22-40(34)38)32-20-18-28-12-4-6-14-30(28)24-32/h3-24H,1-2H3. The van der Waals surface area contributed by atoms with E-state index in [1.54, 1.807) is 0 Å². The molecule has 0 saturated heterocycles. The molecule has 8 rings (SSSR count). The fourth-order valence-corrected chi connectivity index (χ4v) is 6.60. The van der Waals surface area contributed by atoms with Gasteiger partial charge >= 0.3 is 0 Å². The predicted octanol–water partition coefficient (Wildman–Crippen LogP) is 10.1. The lowest BCUT2D eigenvalue weighted by atomic mass is 9.93. The van der Waals surface area contributed by atoms with Gasteiger partial charge in [-0.2, -0.15) is 0 Å². The third kappa shape index (κ3) is 3.29. The van der Waals surface area contributed by atoms with Gasteiger partial charge in [-0.3, -0.25) is 0 Å². The van der Waals surface area contributed by atoms with Crippen molar-refractivity contribution in [2.24, 2.45) is 0 Å². The Kier molecular flexibility index (Phi) is 4.99. The first-order chi connectivity index (χ1) is 19.7. The second kappa shape index (κ2) is 8.72. The smallest absolute Gasteiger partial charge is 0.0786 e. The van der Waals surface area contributed by atoms with Crippen molar-refractivity contribution in [2.75, 3.05) is 0 Å². The van der Waals surface area contributed by atoms with E-state index in [-0.39, 0.29) is 0 Å². The average Bonchev–Trinajstić information content (AvgIpc) is 3.47. The first-order valence-electron chi connectivity index (χ1n) is 13.9. The quantitative estimate of drug-likeness (QED) is 0.223. The van der Waals surface area contributed by atoms with E-state index >= 15 is 0 Å². The molecule has 8 aromatic rings. The van der Waals surface area contributed by atoms with Gasteiger partial charge in [-0.05, 0) is 94.0 Å². The molecule has 0 spiro atoms. The number of hydrogen-bond donors (Lipinski definition) is 0. The highest BCUT2D eigenvalue weighted by molar-refractivity contribution is 6.01. The third-order valence-corrected chi connectivity index (χ3v) is 8.49. The summed E-state index contributed by atoms with van der Waals surface area (Å²) in [7, 11) is 0. The zero-order valence-corrected chi connectivity index (χ0v) is 22.6. The van der Waals surface area contributed by atoms with Gasteiger partial charge in [0.1, 0.15) is 0 Å². The highest BCUT2D eigenvalue weighted by atomic mass is 15.0. The third-order valence-electron chi connectivity index (χ3n) is 8.49. The Morgan fingerprint density at radius 1 is 0.400 bits per heavy atom. The first-order valence-corrected chi connectivity index (χ1v) is 13.9. The van der Waals surface area contributed by atoms with Gasteiger partial charge in [0.15, 0.2) is 0 Å². The van der Waals surface area contributed by atoms with Crippen molar-refractivity contribution in [3.8, 4) is 33.6 Å². The van der Waals surface area contributed by atoms with E-state index in [2.05, 4.69) is 156 Å². The number of nitrogens with zero attached hydrogens (tertiary/aromatic N) is 2. The lowest BCUT2D eigenvalue weighted by molar-refractivity contribution is 1.14. The summed E-state index contributed by atoms with van der Waals surface area (Å²) < 4.78 is 4.78. The first kappa shape index (κ1) is 22.9. The second-order valence-electron chi connectivity index (χ2n) is 10.7. The van der Waals surface area contributed by atoms with Crippen molar-refractivity contribution >= 4 is 32.6 Å². The molecule has 0 N–H and O–H groups in total. The number of benzene rings is 4. The van der Waals surface area contributed by atoms with Crippen LogP contribution < -0.4 is 0 Å². The van der Waals surface area contributed by atoms with Gasteiger partial charge in [-0.15, -0.1) is 0 Å². The van der Waals surface area contributed by atoms with Crippen LogP contribution in [0.15, 0.2) is 134 Å². The topological polar surface area (TPSA) is 8.82 Å². The van der Waals surface area contributed by atoms with Gasteiger partial charge in [0.25, 0.3) is 0 Å². The molecule has 190 valence electrons. The molecule has 0 aliphatic heterocycles. The van der Waals surface area contributed by atoms with Gasteiger partial charge in [0.05, 0.1) is 11.4 Å². The molecular weight excluding hydrogens is 484 g/mol. The fourth-order valence-electron chi connectivity index (χ4n) is 6.60. The molecule has 0 fully saturated rings. The molecule has 40 heavy (non-hydrogen) atoms. The van der Waals surface area contributed by atoms with Gasteiger partial charge in [-0.25, -0.2) is 0 Å². The summed E-state index contributed by atoms with van der Waals surface area (Å²) in [4.78, 5) is 0. The van der Waals surface area contributed by atoms with Crippen LogP contribution in [0.2, 0.25) is 0 Å². The summed E-state index contributed by atoms with van der Waals surface area (Å²) >= 11 is 0. The van der Waals surface area contributed by atoms with Crippen LogP contribution >= 0.6 is 0 Å². The molecule has 0 aliphatic carbocycles. The molecule has 0 unspecified atom stereocenters. The van der Waals surface area contributed by atoms with Gasteiger partial charge in [0.2, 0.25) is 0 Å². The second-order valence-corrected chi connectivity index (χ2v) is 10.7. The minimum Gasteiger partial charge on any atom is -0.314 e. The minimum absolute atomic E-state index is 1.22. The molecule has 0 atom stereocenters. The van der Waals surface area contributed by atoms with Crippen molar-refractivity contribution in [2.45, 2.75) is 13.8 Å². The van der Waals surface area contributed by atoms with Gasteiger partial charge < -0.3 is 8.80 Å².